The van der Waals surface area contributed by atoms with Crippen molar-refractivity contribution in [3.8, 4) is 5.75 Å². The molecule has 0 atom stereocenters. The van der Waals surface area contributed by atoms with Gasteiger partial charge in [0, 0.05) is 11.7 Å². The van der Waals surface area contributed by atoms with Crippen molar-refractivity contribution in [2.24, 2.45) is 5.41 Å². The fourth-order valence-electron chi connectivity index (χ4n) is 2.95. The van der Waals surface area contributed by atoms with Crippen LogP contribution in [-0.4, -0.2) is 18.6 Å². The number of nitrogens with one attached hydrogen (secondary N) is 2. The Morgan fingerprint density at radius 3 is 2.80 bits per heavy atom. The van der Waals surface area contributed by atoms with E-state index in [9.17, 15) is 4.79 Å². The highest BCUT2D eigenvalue weighted by atomic mass is 16.5. The second kappa shape index (κ2) is 5.00. The number of rotatable bonds is 2. The summed E-state index contributed by atoms with van der Waals surface area (Å²) in [5.74, 6) is 0.661. The fraction of sp³-hybridized carbons (Fsp3) is 0.562. The van der Waals surface area contributed by atoms with Crippen LogP contribution < -0.4 is 15.4 Å². The van der Waals surface area contributed by atoms with Gasteiger partial charge in [0.1, 0.15) is 5.75 Å². The van der Waals surface area contributed by atoms with Crippen molar-refractivity contribution >= 4 is 17.3 Å². The summed E-state index contributed by atoms with van der Waals surface area (Å²) in [6.45, 7) is 4.79. The molecule has 20 heavy (non-hydrogen) atoms. The van der Waals surface area contributed by atoms with Gasteiger partial charge in [0.15, 0.2) is 6.61 Å². The molecule has 2 N–H and O–H groups in total. The van der Waals surface area contributed by atoms with Crippen LogP contribution in [0.3, 0.4) is 0 Å². The zero-order valence-electron chi connectivity index (χ0n) is 12.2. The summed E-state index contributed by atoms with van der Waals surface area (Å²) in [7, 11) is 0. The van der Waals surface area contributed by atoms with Crippen LogP contribution in [0.5, 0.6) is 5.75 Å². The lowest BCUT2D eigenvalue weighted by atomic mass is 9.75. The average Bonchev–Trinajstić information content (AvgIpc) is 2.41. The summed E-state index contributed by atoms with van der Waals surface area (Å²) in [6, 6.07) is 6.44. The molecule has 0 aromatic heterocycles. The van der Waals surface area contributed by atoms with Crippen molar-refractivity contribution in [3.63, 3.8) is 0 Å². The maximum absolute atomic E-state index is 11.3. The van der Waals surface area contributed by atoms with Crippen molar-refractivity contribution in [1.29, 1.82) is 0 Å². The van der Waals surface area contributed by atoms with Gasteiger partial charge in [-0.1, -0.05) is 13.8 Å². The Bertz CT molecular complexity index is 515. The quantitative estimate of drug-likeness (QED) is 0.869. The molecule has 0 radical (unpaired) electrons. The highest BCUT2D eigenvalue weighted by Gasteiger charge is 2.26. The molecule has 1 aliphatic heterocycles. The summed E-state index contributed by atoms with van der Waals surface area (Å²) < 4.78 is 5.37. The molecule has 108 valence electrons. The van der Waals surface area contributed by atoms with Gasteiger partial charge >= 0.3 is 0 Å². The summed E-state index contributed by atoms with van der Waals surface area (Å²) in [5, 5.41) is 6.42. The predicted octanol–water partition coefficient (Wildman–Crippen LogP) is 3.40. The Hall–Kier alpha value is -1.71. The highest BCUT2D eigenvalue weighted by Crippen LogP contribution is 2.37. The van der Waals surface area contributed by atoms with E-state index in [2.05, 4.69) is 24.5 Å². The first-order chi connectivity index (χ1) is 9.52. The van der Waals surface area contributed by atoms with Crippen LogP contribution in [0.15, 0.2) is 18.2 Å². The number of anilines is 2. The van der Waals surface area contributed by atoms with E-state index in [1.807, 2.05) is 18.2 Å². The lowest BCUT2D eigenvalue weighted by Gasteiger charge is -2.35. The molecule has 4 heteroatoms. The van der Waals surface area contributed by atoms with Gasteiger partial charge in [-0.3, -0.25) is 4.79 Å². The van der Waals surface area contributed by atoms with Crippen LogP contribution in [-0.2, 0) is 4.79 Å². The van der Waals surface area contributed by atoms with Crippen LogP contribution in [0.2, 0.25) is 0 Å². The van der Waals surface area contributed by atoms with Crippen molar-refractivity contribution in [1.82, 2.24) is 0 Å². The minimum Gasteiger partial charge on any atom is -0.482 e. The summed E-state index contributed by atoms with van der Waals surface area (Å²) in [4.78, 5) is 11.3. The van der Waals surface area contributed by atoms with Gasteiger partial charge in [-0.05, 0) is 49.3 Å². The fourth-order valence-corrected chi connectivity index (χ4v) is 2.95. The monoisotopic (exact) mass is 274 g/mol. The third-order valence-electron chi connectivity index (χ3n) is 4.32. The molecule has 1 aromatic rings. The Morgan fingerprint density at radius 2 is 2.05 bits per heavy atom. The van der Waals surface area contributed by atoms with Crippen molar-refractivity contribution in [3.05, 3.63) is 18.2 Å². The van der Waals surface area contributed by atoms with Crippen LogP contribution in [0, 0.1) is 5.41 Å². The minimum atomic E-state index is -0.0888. The second-order valence-corrected chi connectivity index (χ2v) is 6.63. The lowest BCUT2D eigenvalue weighted by Crippen LogP contribution is -2.30. The number of hydrogen-bond donors (Lipinski definition) is 2. The van der Waals surface area contributed by atoms with E-state index in [1.54, 1.807) is 0 Å². The van der Waals surface area contributed by atoms with E-state index in [-0.39, 0.29) is 12.5 Å². The topological polar surface area (TPSA) is 50.4 Å². The van der Waals surface area contributed by atoms with Crippen molar-refractivity contribution in [2.75, 3.05) is 17.2 Å². The second-order valence-electron chi connectivity index (χ2n) is 6.63. The first-order valence-corrected chi connectivity index (χ1v) is 7.35. The molecular formula is C16H22N2O2. The number of carbonyl (C=O) groups excluding carboxylic acids is 1. The molecule has 1 aromatic carbocycles. The third kappa shape index (κ3) is 2.89. The average molecular weight is 274 g/mol. The largest absolute Gasteiger partial charge is 0.482 e. The molecule has 0 saturated heterocycles. The van der Waals surface area contributed by atoms with Crippen LogP contribution >= 0.6 is 0 Å². The van der Waals surface area contributed by atoms with E-state index in [0.717, 1.165) is 17.1 Å². The Labute approximate surface area is 119 Å². The molecule has 2 aliphatic rings. The van der Waals surface area contributed by atoms with E-state index >= 15 is 0 Å². The first-order valence-electron chi connectivity index (χ1n) is 7.35. The molecule has 1 amide bonds. The van der Waals surface area contributed by atoms with Crippen molar-refractivity contribution < 1.29 is 9.53 Å². The SMILES string of the molecule is CC1(C)CCC(Nc2ccc3c(c2)NC(=O)CO3)CC1. The van der Waals surface area contributed by atoms with Crippen LogP contribution in [0.1, 0.15) is 39.5 Å². The molecule has 4 nitrogen and oxygen atoms in total. The van der Waals surface area contributed by atoms with E-state index in [0.29, 0.717) is 11.5 Å². The maximum atomic E-state index is 11.3. The molecule has 1 saturated carbocycles. The third-order valence-corrected chi connectivity index (χ3v) is 4.32. The predicted molar refractivity (Wildman–Crippen MR) is 80.2 cm³/mol. The number of carbonyl (C=O) groups is 1. The highest BCUT2D eigenvalue weighted by molar-refractivity contribution is 5.96. The normalized spacial score (nSPS) is 21.6. The first kappa shape index (κ1) is 13.3. The molecule has 1 aliphatic carbocycles. The smallest absolute Gasteiger partial charge is 0.262 e. The Kier molecular flexibility index (Phi) is 3.32. The molecular weight excluding hydrogens is 252 g/mol. The van der Waals surface area contributed by atoms with Gasteiger partial charge in [-0.2, -0.15) is 0 Å². The van der Waals surface area contributed by atoms with E-state index < -0.39 is 0 Å². The van der Waals surface area contributed by atoms with E-state index in [1.165, 1.54) is 25.7 Å². The Morgan fingerprint density at radius 1 is 1.30 bits per heavy atom. The summed E-state index contributed by atoms with van der Waals surface area (Å²) >= 11 is 0. The molecule has 1 heterocycles. The van der Waals surface area contributed by atoms with Gasteiger partial charge < -0.3 is 15.4 Å². The zero-order chi connectivity index (χ0) is 14.2. The van der Waals surface area contributed by atoms with Gasteiger partial charge in [0.05, 0.1) is 5.69 Å². The van der Waals surface area contributed by atoms with Crippen molar-refractivity contribution in [2.45, 2.75) is 45.6 Å². The number of hydrogen-bond acceptors (Lipinski definition) is 3. The van der Waals surface area contributed by atoms with Gasteiger partial charge in [-0.15, -0.1) is 0 Å². The molecule has 0 bridgehead atoms. The maximum Gasteiger partial charge on any atom is 0.262 e. The number of fused-ring (bicyclic) bond motifs is 1. The molecule has 0 spiro atoms. The van der Waals surface area contributed by atoms with Crippen LogP contribution in [0.4, 0.5) is 11.4 Å². The summed E-state index contributed by atoms with van der Waals surface area (Å²) in [6.07, 6.45) is 4.92. The molecule has 3 rings (SSSR count). The molecule has 1 fully saturated rings. The van der Waals surface area contributed by atoms with Crippen LogP contribution in [0.25, 0.3) is 0 Å². The minimum absolute atomic E-state index is 0.0888. The number of benzene rings is 1. The zero-order valence-corrected chi connectivity index (χ0v) is 12.2. The van der Waals surface area contributed by atoms with Gasteiger partial charge in [0.25, 0.3) is 5.91 Å². The lowest BCUT2D eigenvalue weighted by molar-refractivity contribution is -0.118. The van der Waals surface area contributed by atoms with E-state index in [4.69, 9.17) is 4.74 Å². The standard InChI is InChI=1S/C16H22N2O2/c1-16(2)7-5-11(6-8-16)17-12-3-4-14-13(9-12)18-15(19)10-20-14/h3-4,9,11,17H,5-8,10H2,1-2H3,(H,18,19). The summed E-state index contributed by atoms with van der Waals surface area (Å²) in [5.41, 5.74) is 2.30. The Balaban J connectivity index is 1.67. The number of amides is 1. The number of ether oxygens (including phenoxy) is 1. The van der Waals surface area contributed by atoms with Gasteiger partial charge in [0.2, 0.25) is 0 Å². The molecule has 0 unspecified atom stereocenters. The van der Waals surface area contributed by atoms with Gasteiger partial charge in [-0.25, -0.2) is 0 Å².